The van der Waals surface area contributed by atoms with Crippen molar-refractivity contribution in [2.75, 3.05) is 0 Å². The van der Waals surface area contributed by atoms with Crippen LogP contribution in [0.25, 0.3) is 22.8 Å². The van der Waals surface area contributed by atoms with Gasteiger partial charge in [0.1, 0.15) is 0 Å². The number of nitrogens with zero attached hydrogens (tertiary/aromatic N) is 2. The average molecular weight is 483 g/mol. The summed E-state index contributed by atoms with van der Waals surface area (Å²) in [5.74, 6) is 1.92. The van der Waals surface area contributed by atoms with E-state index in [1.165, 1.54) is 55.4 Å². The van der Waals surface area contributed by atoms with Crippen LogP contribution in [0.15, 0.2) is 78.9 Å². The summed E-state index contributed by atoms with van der Waals surface area (Å²) in [7, 11) is 0. The zero-order valence-corrected chi connectivity index (χ0v) is 22.7. The molecular weight excluding hydrogens is 449 g/mol. The Hall–Kier alpha value is -3.92. The molecule has 1 aliphatic rings. The number of benzene rings is 4. The summed E-state index contributed by atoms with van der Waals surface area (Å²) in [5, 5.41) is 3.85. The smallest absolute Gasteiger partial charge is 0.305 e. The molecule has 0 atom stereocenters. The molecule has 0 amide bonds. The molecule has 2 heterocycles. The fourth-order valence-corrected chi connectivity index (χ4v) is 7.41. The van der Waals surface area contributed by atoms with Gasteiger partial charge in [-0.15, -0.1) is 0 Å². The summed E-state index contributed by atoms with van der Waals surface area (Å²) in [6.07, 6.45) is -0.529. The van der Waals surface area contributed by atoms with E-state index < -0.39 is 6.28 Å². The Bertz CT molecular complexity index is 1560. The normalized spacial score (nSPS) is 13.8. The summed E-state index contributed by atoms with van der Waals surface area (Å²) < 4.78 is 2.44. The van der Waals surface area contributed by atoms with Crippen LogP contribution in [0.2, 0.25) is 0 Å². The summed E-state index contributed by atoms with van der Waals surface area (Å²) in [5.41, 5.74) is 14.5. The molecule has 37 heavy (non-hydrogen) atoms. The Morgan fingerprint density at radius 3 is 1.76 bits per heavy atom. The number of rotatable bonds is 3. The van der Waals surface area contributed by atoms with Crippen molar-refractivity contribution in [2.24, 2.45) is 0 Å². The number of H-pyrrole nitrogens is 1. The number of hydrogen-bond acceptors (Lipinski definition) is 1. The first-order chi connectivity index (χ1) is 17.8. The SMILES string of the molecule is Cc1cc(C)c([B-]2(c3c(C)cc(C)cc3C)Cc3ccccc3-c3nc(-c4ccccc4)[nH][n+]32)c(C)c1. The lowest BCUT2D eigenvalue weighted by Gasteiger charge is -2.45. The molecule has 0 spiro atoms. The second-order valence-corrected chi connectivity index (χ2v) is 11.1. The largest absolute Gasteiger partial charge is 0.340 e. The first kappa shape index (κ1) is 23.5. The van der Waals surface area contributed by atoms with Crippen LogP contribution in [0.5, 0.6) is 0 Å². The first-order valence-electron chi connectivity index (χ1n) is 13.3. The van der Waals surface area contributed by atoms with Gasteiger partial charge in [0.15, 0.2) is 0 Å². The summed E-state index contributed by atoms with van der Waals surface area (Å²) in [6, 6.07) is 28.7. The quantitative estimate of drug-likeness (QED) is 0.334. The van der Waals surface area contributed by atoms with Gasteiger partial charge in [-0.2, -0.15) is 10.9 Å². The van der Waals surface area contributed by atoms with Gasteiger partial charge in [-0.1, -0.05) is 106 Å². The summed E-state index contributed by atoms with van der Waals surface area (Å²) in [6.45, 7) is 13.5. The van der Waals surface area contributed by atoms with Crippen molar-refractivity contribution in [2.45, 2.75) is 47.9 Å². The number of aromatic amines is 1. The van der Waals surface area contributed by atoms with Gasteiger partial charge in [-0.3, -0.25) is 0 Å². The van der Waals surface area contributed by atoms with Gasteiger partial charge < -0.3 is 4.59 Å². The van der Waals surface area contributed by atoms with Crippen molar-refractivity contribution in [1.82, 2.24) is 10.1 Å². The van der Waals surface area contributed by atoms with E-state index in [-0.39, 0.29) is 0 Å². The Kier molecular flexibility index (Phi) is 5.45. The van der Waals surface area contributed by atoms with Gasteiger partial charge in [-0.05, 0) is 64.7 Å². The highest BCUT2D eigenvalue weighted by Gasteiger charge is 2.48. The van der Waals surface area contributed by atoms with Crippen molar-refractivity contribution in [3.63, 3.8) is 0 Å². The van der Waals surface area contributed by atoms with Gasteiger partial charge in [-0.25, -0.2) is 5.10 Å². The molecule has 0 bridgehead atoms. The molecule has 3 nitrogen and oxygen atoms in total. The molecule has 4 heteroatoms. The van der Waals surface area contributed by atoms with Gasteiger partial charge in [0.05, 0.1) is 5.56 Å². The van der Waals surface area contributed by atoms with Crippen LogP contribution >= 0.6 is 0 Å². The van der Waals surface area contributed by atoms with E-state index in [1.807, 2.05) is 0 Å². The molecule has 5 aromatic rings. The van der Waals surface area contributed by atoms with E-state index in [9.17, 15) is 0 Å². The monoisotopic (exact) mass is 483 g/mol. The van der Waals surface area contributed by atoms with Crippen LogP contribution in [0.4, 0.5) is 0 Å². The minimum Gasteiger partial charge on any atom is -0.340 e. The zero-order chi connectivity index (χ0) is 25.9. The third kappa shape index (κ3) is 3.58. The molecular formula is C33H34BN3. The topological polar surface area (TPSA) is 32.6 Å². The number of aryl methyl sites for hydroxylation is 6. The van der Waals surface area contributed by atoms with E-state index in [4.69, 9.17) is 4.98 Å². The maximum Gasteiger partial charge on any atom is 0.305 e. The van der Waals surface area contributed by atoms with E-state index in [2.05, 4.69) is 130 Å². The first-order valence-corrected chi connectivity index (χ1v) is 13.3. The predicted octanol–water partition coefficient (Wildman–Crippen LogP) is 5.59. The third-order valence-electron chi connectivity index (χ3n) is 8.37. The fraction of sp³-hybridized carbons (Fsp3) is 0.212. The Morgan fingerprint density at radius 1 is 0.676 bits per heavy atom. The Morgan fingerprint density at radius 2 is 1.19 bits per heavy atom. The molecule has 1 aliphatic heterocycles. The number of hydrogen-bond donors (Lipinski definition) is 1. The highest BCUT2D eigenvalue weighted by Crippen LogP contribution is 2.31. The van der Waals surface area contributed by atoms with Crippen LogP contribution in [0.1, 0.15) is 38.9 Å². The molecule has 0 fully saturated rings. The van der Waals surface area contributed by atoms with Crippen LogP contribution in [0.3, 0.4) is 0 Å². The second-order valence-electron chi connectivity index (χ2n) is 11.1. The van der Waals surface area contributed by atoms with E-state index in [1.54, 1.807) is 0 Å². The number of nitrogens with one attached hydrogen (secondary N) is 1. The molecule has 0 saturated carbocycles. The summed E-state index contributed by atoms with van der Waals surface area (Å²) >= 11 is 0. The van der Waals surface area contributed by atoms with Crippen molar-refractivity contribution >= 4 is 17.2 Å². The molecule has 1 N–H and O–H groups in total. The molecule has 0 aliphatic carbocycles. The Balaban J connectivity index is 1.80. The van der Waals surface area contributed by atoms with Crippen molar-refractivity contribution < 1.29 is 4.59 Å². The van der Waals surface area contributed by atoms with Crippen molar-refractivity contribution in [3.05, 3.63) is 118 Å². The highest BCUT2D eigenvalue weighted by molar-refractivity contribution is 6.96. The molecule has 1 aromatic heterocycles. The van der Waals surface area contributed by atoms with E-state index in [0.29, 0.717) is 0 Å². The third-order valence-corrected chi connectivity index (χ3v) is 8.37. The average Bonchev–Trinajstić information content (AvgIpc) is 3.30. The zero-order valence-electron chi connectivity index (χ0n) is 22.7. The van der Waals surface area contributed by atoms with Gasteiger partial charge in [0.2, 0.25) is 0 Å². The minimum atomic E-state index is -1.45. The maximum atomic E-state index is 5.29. The molecule has 0 saturated heterocycles. The second kappa shape index (κ2) is 8.59. The maximum absolute atomic E-state index is 5.29. The summed E-state index contributed by atoms with van der Waals surface area (Å²) in [4.78, 5) is 5.29. The lowest BCUT2D eigenvalue weighted by molar-refractivity contribution is -0.595. The van der Waals surface area contributed by atoms with Gasteiger partial charge >= 0.3 is 5.82 Å². The number of fused-ring (bicyclic) bond motifs is 3. The van der Waals surface area contributed by atoms with Crippen molar-refractivity contribution in [1.29, 1.82) is 0 Å². The molecule has 6 rings (SSSR count). The lowest BCUT2D eigenvalue weighted by Crippen LogP contribution is -2.84. The van der Waals surface area contributed by atoms with Crippen LogP contribution in [-0.4, -0.2) is 16.4 Å². The van der Waals surface area contributed by atoms with Crippen molar-refractivity contribution in [3.8, 4) is 22.8 Å². The molecule has 0 unspecified atom stereocenters. The Labute approximate surface area is 220 Å². The molecule has 4 aromatic carbocycles. The van der Waals surface area contributed by atoms with Crippen LogP contribution < -0.4 is 15.5 Å². The number of aromatic nitrogens is 3. The van der Waals surface area contributed by atoms with Gasteiger partial charge in [0, 0.05) is 5.56 Å². The molecule has 0 radical (unpaired) electrons. The van der Waals surface area contributed by atoms with Crippen LogP contribution in [-0.2, 0) is 6.32 Å². The van der Waals surface area contributed by atoms with Gasteiger partial charge in [0.25, 0.3) is 12.1 Å². The van der Waals surface area contributed by atoms with E-state index in [0.717, 1.165) is 23.5 Å². The highest BCUT2D eigenvalue weighted by atomic mass is 15.3. The fourth-order valence-electron chi connectivity index (χ4n) is 7.41. The van der Waals surface area contributed by atoms with Crippen LogP contribution in [0, 0.1) is 41.5 Å². The standard InChI is InChI=1S/C33H34BN3/c1-21-16-23(3)30(24(4)17-21)34(31-25(5)18-22(2)19-26(31)6)20-28-14-10-11-15-29(28)33-35-32(36-37(33)34)27-12-8-7-9-13-27/h7-19H,20H2,1-6H3,(H,35,36). The predicted molar refractivity (Wildman–Crippen MR) is 155 cm³/mol. The van der Waals surface area contributed by atoms with E-state index >= 15 is 0 Å². The lowest BCUT2D eigenvalue weighted by atomic mass is 9.22. The minimum absolute atomic E-state index is 0.906. The molecule has 184 valence electrons.